The predicted octanol–water partition coefficient (Wildman–Crippen LogP) is 0.828. The molecule has 4 N–H and O–H groups in total. The molecule has 28 heavy (non-hydrogen) atoms. The van der Waals surface area contributed by atoms with Crippen LogP contribution in [0.1, 0.15) is 0 Å². The van der Waals surface area contributed by atoms with Crippen molar-refractivity contribution in [3.63, 3.8) is 0 Å². The van der Waals surface area contributed by atoms with Crippen molar-refractivity contribution >= 4 is 49.6 Å². The average Bonchev–Trinajstić information content (AvgIpc) is 2.71. The fraction of sp³-hybridized carbons (Fsp3) is 0.294. The highest BCUT2D eigenvalue weighted by atomic mass is 32.2. The van der Waals surface area contributed by atoms with Crippen molar-refractivity contribution in [1.82, 2.24) is 0 Å². The van der Waals surface area contributed by atoms with Gasteiger partial charge in [-0.3, -0.25) is 5.14 Å². The van der Waals surface area contributed by atoms with Crippen LogP contribution in [-0.2, 0) is 24.3 Å². The van der Waals surface area contributed by atoms with Crippen LogP contribution in [-0.4, -0.2) is 52.5 Å². The number of methoxy groups -OCH3 is 1. The summed E-state index contributed by atoms with van der Waals surface area (Å²) in [7, 11) is -2.63. The average molecular weight is 425 g/mol. The summed E-state index contributed by atoms with van der Waals surface area (Å²) in [6, 6.07) is 10.3. The summed E-state index contributed by atoms with van der Waals surface area (Å²) < 4.78 is 38.5. The zero-order valence-electron chi connectivity index (χ0n) is 15.1. The van der Waals surface area contributed by atoms with Gasteiger partial charge in [-0.25, -0.2) is 4.79 Å². The number of anilines is 1. The fourth-order valence-corrected chi connectivity index (χ4v) is 4.34. The van der Waals surface area contributed by atoms with Gasteiger partial charge in [-0.15, -0.1) is 4.40 Å². The third-order valence-corrected chi connectivity index (χ3v) is 6.06. The van der Waals surface area contributed by atoms with Crippen LogP contribution in [0.2, 0.25) is 0 Å². The molecule has 0 bridgehead atoms. The van der Waals surface area contributed by atoms with Gasteiger partial charge in [-0.05, 0) is 35.5 Å². The van der Waals surface area contributed by atoms with Gasteiger partial charge in [0.2, 0.25) is 0 Å². The van der Waals surface area contributed by atoms with Crippen molar-refractivity contribution in [2.24, 2.45) is 15.3 Å². The first-order chi connectivity index (χ1) is 13.4. The highest BCUT2D eigenvalue weighted by molar-refractivity contribution is 8.12. The van der Waals surface area contributed by atoms with Gasteiger partial charge >= 0.3 is 5.97 Å². The van der Waals surface area contributed by atoms with Gasteiger partial charge in [0.25, 0.3) is 10.0 Å². The molecule has 3 rings (SSSR count). The SMILES string of the molecule is COC(=O)C1CN(c2cccc3cc(S(=O)(=O)N=C(N)SN)ccc23)CCO1. The lowest BCUT2D eigenvalue weighted by molar-refractivity contribution is -0.154. The molecule has 1 aliphatic heterocycles. The number of ether oxygens (including phenoxy) is 2. The number of nitrogens with two attached hydrogens (primary N) is 2. The number of benzene rings is 2. The van der Waals surface area contributed by atoms with Gasteiger partial charge in [0.1, 0.15) is 0 Å². The highest BCUT2D eigenvalue weighted by Gasteiger charge is 2.28. The minimum Gasteiger partial charge on any atom is -0.467 e. The Morgan fingerprint density at radius 3 is 2.86 bits per heavy atom. The van der Waals surface area contributed by atoms with Gasteiger partial charge in [0.05, 0.1) is 25.2 Å². The molecule has 11 heteroatoms. The van der Waals surface area contributed by atoms with Crippen LogP contribution in [0, 0.1) is 0 Å². The highest BCUT2D eigenvalue weighted by Crippen LogP contribution is 2.30. The Labute approximate surface area is 166 Å². The molecule has 150 valence electrons. The molecule has 1 heterocycles. The summed E-state index contributed by atoms with van der Waals surface area (Å²) in [6.07, 6.45) is -0.667. The first kappa shape index (κ1) is 20.4. The molecule has 0 spiro atoms. The zero-order valence-corrected chi connectivity index (χ0v) is 16.7. The summed E-state index contributed by atoms with van der Waals surface area (Å²) in [4.78, 5) is 13.8. The second-order valence-electron chi connectivity index (χ2n) is 6.01. The van der Waals surface area contributed by atoms with Crippen LogP contribution < -0.4 is 15.8 Å². The number of fused-ring (bicyclic) bond motifs is 1. The third-order valence-electron chi connectivity index (χ3n) is 4.33. The monoisotopic (exact) mass is 424 g/mol. The Bertz CT molecular complexity index is 1030. The number of carbonyl (C=O) groups is 1. The number of amidine groups is 1. The summed E-state index contributed by atoms with van der Waals surface area (Å²) in [5.74, 6) is -0.424. The lowest BCUT2D eigenvalue weighted by atomic mass is 10.1. The van der Waals surface area contributed by atoms with Crippen LogP contribution in [0.4, 0.5) is 5.69 Å². The van der Waals surface area contributed by atoms with Crippen molar-refractivity contribution in [2.75, 3.05) is 31.7 Å². The van der Waals surface area contributed by atoms with Gasteiger partial charge in [-0.1, -0.05) is 18.2 Å². The molecule has 1 saturated heterocycles. The number of carbonyl (C=O) groups excluding carboxylic acids is 1. The van der Waals surface area contributed by atoms with Crippen molar-refractivity contribution in [3.05, 3.63) is 36.4 Å². The molecule has 1 aliphatic rings. The molecule has 9 nitrogen and oxygen atoms in total. The third kappa shape index (κ3) is 4.22. The van der Waals surface area contributed by atoms with Gasteiger partial charge in [-0.2, -0.15) is 8.42 Å². The van der Waals surface area contributed by atoms with Crippen LogP contribution in [0.3, 0.4) is 0 Å². The maximum absolute atomic E-state index is 12.4. The molecule has 0 radical (unpaired) electrons. The molecular weight excluding hydrogens is 404 g/mol. The van der Waals surface area contributed by atoms with Crippen LogP contribution >= 0.6 is 11.9 Å². The first-order valence-electron chi connectivity index (χ1n) is 8.30. The Morgan fingerprint density at radius 2 is 2.14 bits per heavy atom. The molecule has 1 unspecified atom stereocenters. The second-order valence-corrected chi connectivity index (χ2v) is 8.27. The van der Waals surface area contributed by atoms with Crippen LogP contribution in [0.15, 0.2) is 45.7 Å². The summed E-state index contributed by atoms with van der Waals surface area (Å²) in [6.45, 7) is 1.33. The maximum atomic E-state index is 12.4. The summed E-state index contributed by atoms with van der Waals surface area (Å²) in [5.41, 5.74) is 6.31. The van der Waals surface area contributed by atoms with E-state index < -0.39 is 22.1 Å². The molecule has 0 aromatic heterocycles. The molecular formula is C17H20N4O5S2. The Morgan fingerprint density at radius 1 is 1.36 bits per heavy atom. The summed E-state index contributed by atoms with van der Waals surface area (Å²) >= 11 is 0.568. The Balaban J connectivity index is 1.97. The van der Waals surface area contributed by atoms with E-state index in [4.69, 9.17) is 20.3 Å². The summed E-state index contributed by atoms with van der Waals surface area (Å²) in [5, 5.41) is 6.56. The van der Waals surface area contributed by atoms with E-state index in [0.717, 1.165) is 11.1 Å². The minimum atomic E-state index is -3.96. The standard InChI is InChI=1S/C17H20N4O5S2/c1-25-16(22)15-10-21(7-8-26-15)14-4-2-3-11-9-12(5-6-13(11)14)28(23,24)20-17(18)27-19/h2-6,9,15H,7-8,10,19H2,1H3,(H2,18,20). The number of esters is 1. The van der Waals surface area contributed by atoms with E-state index in [1.54, 1.807) is 12.1 Å². The minimum absolute atomic E-state index is 0.0172. The largest absolute Gasteiger partial charge is 0.467 e. The quantitative estimate of drug-likeness (QED) is 0.316. The van der Waals surface area contributed by atoms with E-state index in [9.17, 15) is 13.2 Å². The van der Waals surface area contributed by atoms with E-state index in [2.05, 4.69) is 4.40 Å². The van der Waals surface area contributed by atoms with E-state index in [1.807, 2.05) is 17.0 Å². The number of morpholine rings is 1. The number of hydrogen-bond donors (Lipinski definition) is 2. The Kier molecular flexibility index (Phi) is 6.08. The smallest absolute Gasteiger partial charge is 0.336 e. The normalized spacial score (nSPS) is 18.3. The van der Waals surface area contributed by atoms with Crippen molar-refractivity contribution in [1.29, 1.82) is 0 Å². The predicted molar refractivity (Wildman–Crippen MR) is 109 cm³/mol. The first-order valence-corrected chi connectivity index (χ1v) is 10.6. The fourth-order valence-electron chi connectivity index (χ4n) is 3.02. The van der Waals surface area contributed by atoms with Gasteiger partial charge in [0, 0.05) is 17.6 Å². The number of hydrogen-bond acceptors (Lipinski definition) is 8. The maximum Gasteiger partial charge on any atom is 0.336 e. The van der Waals surface area contributed by atoms with Gasteiger partial charge < -0.3 is 20.1 Å². The van der Waals surface area contributed by atoms with E-state index in [1.165, 1.54) is 19.2 Å². The van der Waals surface area contributed by atoms with Gasteiger partial charge in [0.15, 0.2) is 11.3 Å². The lowest BCUT2D eigenvalue weighted by Gasteiger charge is -2.33. The molecule has 1 atom stereocenters. The number of rotatable bonds is 4. The van der Waals surface area contributed by atoms with Crippen LogP contribution in [0.5, 0.6) is 0 Å². The number of sulfonamides is 1. The second kappa shape index (κ2) is 8.35. The molecule has 0 aliphatic carbocycles. The Hall–Kier alpha value is -2.34. The van der Waals surface area contributed by atoms with E-state index >= 15 is 0 Å². The van der Waals surface area contributed by atoms with E-state index in [0.29, 0.717) is 37.0 Å². The van der Waals surface area contributed by atoms with Crippen molar-refractivity contribution < 1.29 is 22.7 Å². The van der Waals surface area contributed by atoms with Crippen molar-refractivity contribution in [2.45, 2.75) is 11.0 Å². The topological polar surface area (TPSA) is 137 Å². The van der Waals surface area contributed by atoms with Crippen LogP contribution in [0.25, 0.3) is 10.8 Å². The van der Waals surface area contributed by atoms with E-state index in [-0.39, 0.29) is 10.1 Å². The number of nitrogens with zero attached hydrogens (tertiary/aromatic N) is 2. The molecule has 2 aromatic carbocycles. The molecule has 2 aromatic rings. The molecule has 0 saturated carbocycles. The zero-order chi connectivity index (χ0) is 20.3. The molecule has 0 amide bonds. The van der Waals surface area contributed by atoms with Crippen molar-refractivity contribution in [3.8, 4) is 0 Å². The molecule has 1 fully saturated rings. The lowest BCUT2D eigenvalue weighted by Crippen LogP contribution is -2.46.